The van der Waals surface area contributed by atoms with E-state index in [0.717, 1.165) is 43.0 Å². The molecule has 0 bridgehead atoms. The number of thiophene rings is 1. The summed E-state index contributed by atoms with van der Waals surface area (Å²) in [6.07, 6.45) is 10.7. The number of hydrogen-bond donors (Lipinski definition) is 0. The van der Waals surface area contributed by atoms with E-state index in [1.54, 1.807) is 18.6 Å². The van der Waals surface area contributed by atoms with E-state index in [4.69, 9.17) is 9.97 Å². The molecule has 1 saturated heterocycles. The molecule has 0 unspecified atom stereocenters. The van der Waals surface area contributed by atoms with Crippen LogP contribution >= 0.6 is 11.3 Å². The molecule has 0 radical (unpaired) electrons. The quantitative estimate of drug-likeness (QED) is 0.641. The maximum absolute atomic E-state index is 12.4. The van der Waals surface area contributed by atoms with Gasteiger partial charge in [0, 0.05) is 52.2 Å². The molecule has 1 aliphatic carbocycles. The van der Waals surface area contributed by atoms with E-state index in [1.165, 1.54) is 28.7 Å². The van der Waals surface area contributed by atoms with E-state index >= 15 is 0 Å². The minimum atomic E-state index is -0.769. The number of aromatic nitrogens is 4. The Hall–Kier alpha value is -1.93. The minimum absolute atomic E-state index is 0.234. The van der Waals surface area contributed by atoms with Crippen molar-refractivity contribution < 1.29 is 4.21 Å². The summed E-state index contributed by atoms with van der Waals surface area (Å²) in [4.78, 5) is 23.3. The predicted octanol–water partition coefficient (Wildman–Crippen LogP) is 3.37. The highest BCUT2D eigenvalue weighted by molar-refractivity contribution is 7.85. The summed E-state index contributed by atoms with van der Waals surface area (Å²) in [5.74, 6) is 2.32. The summed E-state index contributed by atoms with van der Waals surface area (Å²) >= 11 is 1.81. The lowest BCUT2D eigenvalue weighted by atomic mass is 9.97. The molecule has 8 heteroatoms. The van der Waals surface area contributed by atoms with Gasteiger partial charge >= 0.3 is 0 Å². The van der Waals surface area contributed by atoms with Crippen LogP contribution in [0.15, 0.2) is 18.6 Å². The molecule has 3 aromatic rings. The first-order chi connectivity index (χ1) is 13.7. The molecule has 4 heterocycles. The lowest BCUT2D eigenvalue weighted by Gasteiger charge is -2.23. The molecule has 146 valence electrons. The van der Waals surface area contributed by atoms with E-state index in [2.05, 4.69) is 21.8 Å². The molecule has 0 aromatic carbocycles. The first-order valence-electron chi connectivity index (χ1n) is 9.91. The zero-order valence-corrected chi connectivity index (χ0v) is 17.6. The summed E-state index contributed by atoms with van der Waals surface area (Å²) < 4.78 is 12.4. The number of aryl methyl sites for hydroxylation is 2. The van der Waals surface area contributed by atoms with Crippen LogP contribution in [-0.4, -0.2) is 48.2 Å². The van der Waals surface area contributed by atoms with E-state index in [0.29, 0.717) is 17.3 Å². The molecular weight excluding hydrogens is 390 g/mol. The van der Waals surface area contributed by atoms with Gasteiger partial charge < -0.3 is 4.90 Å². The van der Waals surface area contributed by atoms with Crippen molar-refractivity contribution in [2.24, 2.45) is 0 Å². The first kappa shape index (κ1) is 18.1. The van der Waals surface area contributed by atoms with Crippen molar-refractivity contribution in [2.45, 2.75) is 44.3 Å². The molecule has 28 heavy (non-hydrogen) atoms. The Morgan fingerprint density at radius 1 is 1.18 bits per heavy atom. The Bertz CT molecular complexity index is 1040. The third kappa shape index (κ3) is 3.22. The lowest BCUT2D eigenvalue weighted by molar-refractivity contribution is 0.671. The molecule has 0 saturated carbocycles. The molecule has 0 N–H and O–H groups in total. The molecule has 1 aliphatic heterocycles. The maximum atomic E-state index is 12.4. The van der Waals surface area contributed by atoms with Gasteiger partial charge in [-0.3, -0.25) is 9.19 Å². The largest absolute Gasteiger partial charge is 0.355 e. The molecule has 2 aliphatic rings. The average molecular weight is 414 g/mol. The van der Waals surface area contributed by atoms with Crippen LogP contribution in [0.1, 0.15) is 36.6 Å². The summed E-state index contributed by atoms with van der Waals surface area (Å²) in [6, 6.07) is 0. The van der Waals surface area contributed by atoms with Gasteiger partial charge in [0.1, 0.15) is 16.3 Å². The predicted molar refractivity (Wildman–Crippen MR) is 114 cm³/mol. The number of fused-ring (bicyclic) bond motifs is 3. The monoisotopic (exact) mass is 413 g/mol. The van der Waals surface area contributed by atoms with Crippen LogP contribution in [0, 0.1) is 0 Å². The third-order valence-electron chi connectivity index (χ3n) is 5.70. The van der Waals surface area contributed by atoms with Crippen LogP contribution < -0.4 is 4.90 Å². The van der Waals surface area contributed by atoms with Gasteiger partial charge in [0.2, 0.25) is 0 Å². The highest BCUT2D eigenvalue weighted by Gasteiger charge is 2.27. The standard InChI is InChI=1S/C20H23N5OS2/c1-13-6-9-25(10-11-28(13)26)19-17-14-4-2-3-5-16(14)27-20(17)24-18(23-19)15-12-21-7-8-22-15/h7-8,12-13H,2-6,9-11H2,1H3/t13-,28+/m1/s1. The van der Waals surface area contributed by atoms with Gasteiger partial charge in [0.15, 0.2) is 5.82 Å². The second kappa shape index (κ2) is 7.48. The van der Waals surface area contributed by atoms with Gasteiger partial charge in [-0.15, -0.1) is 11.3 Å². The topological polar surface area (TPSA) is 71.9 Å². The second-order valence-electron chi connectivity index (χ2n) is 7.52. The molecule has 6 nitrogen and oxygen atoms in total. The van der Waals surface area contributed by atoms with Crippen molar-refractivity contribution in [3.63, 3.8) is 0 Å². The average Bonchev–Trinajstić information content (AvgIpc) is 3.03. The van der Waals surface area contributed by atoms with E-state index in [1.807, 2.05) is 11.3 Å². The van der Waals surface area contributed by atoms with E-state index in [9.17, 15) is 4.21 Å². The fraction of sp³-hybridized carbons (Fsp3) is 0.500. The number of hydrogen-bond acceptors (Lipinski definition) is 7. The molecule has 0 amide bonds. The number of anilines is 1. The van der Waals surface area contributed by atoms with Gasteiger partial charge in [-0.1, -0.05) is 6.92 Å². The molecule has 3 aromatic heterocycles. The van der Waals surface area contributed by atoms with Gasteiger partial charge in [-0.2, -0.15) is 0 Å². The van der Waals surface area contributed by atoms with Gasteiger partial charge in [-0.25, -0.2) is 15.0 Å². The van der Waals surface area contributed by atoms with Crippen LogP contribution in [0.5, 0.6) is 0 Å². The lowest BCUT2D eigenvalue weighted by Crippen LogP contribution is -2.27. The van der Waals surface area contributed by atoms with Crippen LogP contribution in [0.25, 0.3) is 21.7 Å². The smallest absolute Gasteiger partial charge is 0.183 e. The number of nitrogens with zero attached hydrogens (tertiary/aromatic N) is 5. The Balaban J connectivity index is 1.68. The van der Waals surface area contributed by atoms with Crippen molar-refractivity contribution in [1.82, 2.24) is 19.9 Å². The normalized spacial score (nSPS) is 22.8. The van der Waals surface area contributed by atoms with Crippen molar-refractivity contribution in [2.75, 3.05) is 23.7 Å². The first-order valence-corrected chi connectivity index (χ1v) is 12.1. The Labute approximate surface area is 170 Å². The van der Waals surface area contributed by atoms with Gasteiger partial charge in [-0.05, 0) is 37.7 Å². The van der Waals surface area contributed by atoms with Crippen molar-refractivity contribution in [3.05, 3.63) is 29.0 Å². The highest BCUT2D eigenvalue weighted by Crippen LogP contribution is 2.40. The van der Waals surface area contributed by atoms with Crippen LogP contribution in [0.3, 0.4) is 0 Å². The third-order valence-corrected chi connectivity index (χ3v) is 8.61. The molecule has 5 rings (SSSR count). The highest BCUT2D eigenvalue weighted by atomic mass is 32.2. The van der Waals surface area contributed by atoms with E-state index in [-0.39, 0.29) is 5.25 Å². The zero-order valence-electron chi connectivity index (χ0n) is 15.9. The zero-order chi connectivity index (χ0) is 19.1. The number of rotatable bonds is 2. The molecule has 0 spiro atoms. The summed E-state index contributed by atoms with van der Waals surface area (Å²) in [5.41, 5.74) is 2.13. The molecule has 1 fully saturated rings. The van der Waals surface area contributed by atoms with Crippen molar-refractivity contribution in [1.29, 1.82) is 0 Å². The van der Waals surface area contributed by atoms with Crippen LogP contribution in [0.4, 0.5) is 5.82 Å². The van der Waals surface area contributed by atoms with Crippen LogP contribution in [-0.2, 0) is 23.6 Å². The minimum Gasteiger partial charge on any atom is -0.355 e. The summed E-state index contributed by atoms with van der Waals surface area (Å²) in [7, 11) is -0.769. The Morgan fingerprint density at radius 3 is 2.93 bits per heavy atom. The molecular formula is C20H23N5OS2. The Morgan fingerprint density at radius 2 is 2.07 bits per heavy atom. The summed E-state index contributed by atoms with van der Waals surface area (Å²) in [6.45, 7) is 3.74. The summed E-state index contributed by atoms with van der Waals surface area (Å²) in [5, 5.41) is 1.45. The maximum Gasteiger partial charge on any atom is 0.183 e. The Kier molecular flexibility index (Phi) is 4.84. The SMILES string of the molecule is C[C@@H]1CCN(c2nc(-c3cnccn3)nc3sc4c(c23)CCCC4)CC[S@@]1=O. The van der Waals surface area contributed by atoms with Crippen molar-refractivity contribution >= 4 is 38.2 Å². The fourth-order valence-electron chi connectivity index (χ4n) is 4.09. The van der Waals surface area contributed by atoms with Gasteiger partial charge in [0.05, 0.1) is 11.6 Å². The van der Waals surface area contributed by atoms with Gasteiger partial charge in [0.25, 0.3) is 0 Å². The van der Waals surface area contributed by atoms with Crippen LogP contribution in [0.2, 0.25) is 0 Å². The van der Waals surface area contributed by atoms with Crippen molar-refractivity contribution in [3.8, 4) is 11.5 Å². The van der Waals surface area contributed by atoms with E-state index < -0.39 is 10.8 Å². The fourth-order valence-corrected chi connectivity index (χ4v) is 6.52. The second-order valence-corrected chi connectivity index (χ2v) is 10.6. The molecule has 2 atom stereocenters.